The fraction of sp³-hybridized carbons (Fsp3) is 0.211. The highest BCUT2D eigenvalue weighted by molar-refractivity contribution is 7.19. The first-order valence-electron chi connectivity index (χ1n) is 8.00. The van der Waals surface area contributed by atoms with E-state index >= 15 is 0 Å². The van der Waals surface area contributed by atoms with Crippen molar-refractivity contribution in [2.75, 3.05) is 5.73 Å². The van der Waals surface area contributed by atoms with Crippen molar-refractivity contribution in [3.8, 4) is 10.6 Å². The summed E-state index contributed by atoms with van der Waals surface area (Å²) >= 11 is 7.05. The Labute approximate surface area is 162 Å². The number of alkyl halides is 3. The van der Waals surface area contributed by atoms with Gasteiger partial charge in [0.2, 0.25) is 0 Å². The summed E-state index contributed by atoms with van der Waals surface area (Å²) in [5.74, 6) is 0. The summed E-state index contributed by atoms with van der Waals surface area (Å²) in [5, 5.41) is 0. The molecule has 27 heavy (non-hydrogen) atoms. The van der Waals surface area contributed by atoms with Crippen LogP contribution in [0.15, 0.2) is 41.2 Å². The van der Waals surface area contributed by atoms with Crippen molar-refractivity contribution in [1.29, 1.82) is 0 Å². The van der Waals surface area contributed by atoms with E-state index in [9.17, 15) is 18.0 Å². The van der Waals surface area contributed by atoms with Crippen LogP contribution in [-0.2, 0) is 12.7 Å². The highest BCUT2D eigenvalue weighted by Crippen LogP contribution is 2.37. The Balaban J connectivity index is 2.25. The lowest BCUT2D eigenvalue weighted by Crippen LogP contribution is -2.28. The zero-order chi connectivity index (χ0) is 19.9. The lowest BCUT2D eigenvalue weighted by atomic mass is 10.0. The van der Waals surface area contributed by atoms with E-state index in [0.29, 0.717) is 9.21 Å². The molecule has 0 saturated carbocycles. The molecule has 142 valence electrons. The van der Waals surface area contributed by atoms with E-state index in [1.165, 1.54) is 4.57 Å². The fourth-order valence-electron chi connectivity index (χ4n) is 2.90. The SMILES string of the molecule is Cc1ccc(Cn2c(-c3ccc(Cl)s3)cc(C(F)(F)F)c(N)c2=O)c(C)c1. The zero-order valence-electron chi connectivity index (χ0n) is 14.5. The van der Waals surface area contributed by atoms with E-state index < -0.39 is 23.0 Å². The van der Waals surface area contributed by atoms with Crippen LogP contribution in [0, 0.1) is 13.8 Å². The van der Waals surface area contributed by atoms with Gasteiger partial charge in [0.1, 0.15) is 5.69 Å². The van der Waals surface area contributed by atoms with Gasteiger partial charge >= 0.3 is 6.18 Å². The van der Waals surface area contributed by atoms with E-state index in [4.69, 9.17) is 17.3 Å². The molecule has 0 amide bonds. The lowest BCUT2D eigenvalue weighted by molar-refractivity contribution is -0.137. The first-order chi connectivity index (χ1) is 12.6. The van der Waals surface area contributed by atoms with Crippen LogP contribution >= 0.6 is 22.9 Å². The normalized spacial score (nSPS) is 11.8. The van der Waals surface area contributed by atoms with Crippen molar-refractivity contribution < 1.29 is 13.2 Å². The molecule has 0 bridgehead atoms. The van der Waals surface area contributed by atoms with E-state index in [1.54, 1.807) is 12.1 Å². The molecular weight excluding hydrogens is 397 g/mol. The van der Waals surface area contributed by atoms with Gasteiger partial charge in [0.15, 0.2) is 0 Å². The Hall–Kier alpha value is -2.25. The molecule has 3 rings (SSSR count). The van der Waals surface area contributed by atoms with Crippen LogP contribution in [0.1, 0.15) is 22.3 Å². The molecule has 0 atom stereocenters. The van der Waals surface area contributed by atoms with Crippen molar-refractivity contribution in [2.45, 2.75) is 26.6 Å². The Morgan fingerprint density at radius 3 is 2.41 bits per heavy atom. The second kappa shape index (κ2) is 7.05. The van der Waals surface area contributed by atoms with Crippen molar-refractivity contribution in [3.63, 3.8) is 0 Å². The smallest absolute Gasteiger partial charge is 0.394 e. The minimum absolute atomic E-state index is 0.109. The van der Waals surface area contributed by atoms with Gasteiger partial charge < -0.3 is 10.3 Å². The number of hydrogen-bond acceptors (Lipinski definition) is 3. The van der Waals surface area contributed by atoms with Crippen molar-refractivity contribution in [1.82, 2.24) is 4.57 Å². The van der Waals surface area contributed by atoms with Gasteiger partial charge in [-0.15, -0.1) is 11.3 Å². The Kier molecular flexibility index (Phi) is 5.10. The molecule has 2 N–H and O–H groups in total. The molecular formula is C19H16ClF3N2OS. The number of benzene rings is 1. The molecule has 0 saturated heterocycles. The summed E-state index contributed by atoms with van der Waals surface area (Å²) in [4.78, 5) is 13.2. The number of aromatic nitrogens is 1. The second-order valence-corrected chi connectivity index (χ2v) is 7.99. The molecule has 1 aromatic carbocycles. The summed E-state index contributed by atoms with van der Waals surface area (Å²) in [5.41, 5.74) is 5.71. The van der Waals surface area contributed by atoms with Gasteiger partial charge in [-0.1, -0.05) is 35.4 Å². The summed E-state index contributed by atoms with van der Waals surface area (Å²) < 4.78 is 41.7. The molecule has 2 heterocycles. The molecule has 0 aliphatic heterocycles. The van der Waals surface area contributed by atoms with E-state index in [1.807, 2.05) is 32.0 Å². The first kappa shape index (κ1) is 19.5. The van der Waals surface area contributed by atoms with Crippen LogP contribution in [-0.4, -0.2) is 4.57 Å². The number of halogens is 4. The average molecular weight is 413 g/mol. The van der Waals surface area contributed by atoms with Gasteiger partial charge in [0, 0.05) is 0 Å². The van der Waals surface area contributed by atoms with E-state index in [2.05, 4.69) is 0 Å². The number of pyridine rings is 1. The van der Waals surface area contributed by atoms with Crippen LogP contribution in [0.4, 0.5) is 18.9 Å². The molecule has 3 nitrogen and oxygen atoms in total. The summed E-state index contributed by atoms with van der Waals surface area (Å²) in [6, 6.07) is 9.80. The predicted octanol–water partition coefficient (Wildman–Crippen LogP) is 5.50. The number of rotatable bonds is 3. The highest BCUT2D eigenvalue weighted by atomic mass is 35.5. The number of nitrogens with zero attached hydrogens (tertiary/aromatic N) is 1. The predicted molar refractivity (Wildman–Crippen MR) is 103 cm³/mol. The maximum atomic E-state index is 13.3. The molecule has 3 aromatic rings. The minimum atomic E-state index is -4.72. The summed E-state index contributed by atoms with van der Waals surface area (Å²) in [6.07, 6.45) is -4.72. The van der Waals surface area contributed by atoms with Crippen LogP contribution < -0.4 is 11.3 Å². The molecule has 0 aliphatic rings. The number of anilines is 1. The van der Waals surface area contributed by atoms with Gasteiger partial charge in [-0.05, 0) is 43.2 Å². The molecule has 0 spiro atoms. The van der Waals surface area contributed by atoms with Crippen LogP contribution in [0.5, 0.6) is 0 Å². The molecule has 0 radical (unpaired) electrons. The molecule has 8 heteroatoms. The Morgan fingerprint density at radius 1 is 1.15 bits per heavy atom. The molecule has 0 fully saturated rings. The summed E-state index contributed by atoms with van der Waals surface area (Å²) in [6.45, 7) is 3.94. The van der Waals surface area contributed by atoms with Gasteiger partial charge in [0.25, 0.3) is 5.56 Å². The number of nitrogens with two attached hydrogens (primary N) is 1. The summed E-state index contributed by atoms with van der Waals surface area (Å²) in [7, 11) is 0. The lowest BCUT2D eigenvalue weighted by Gasteiger charge is -2.18. The Bertz CT molecular complexity index is 1070. The minimum Gasteiger partial charge on any atom is -0.394 e. The van der Waals surface area contributed by atoms with E-state index in [0.717, 1.165) is 34.1 Å². The largest absolute Gasteiger partial charge is 0.418 e. The first-order valence-corrected chi connectivity index (χ1v) is 9.19. The van der Waals surface area contributed by atoms with Gasteiger partial charge in [0.05, 0.1) is 27.0 Å². The van der Waals surface area contributed by atoms with Crippen LogP contribution in [0.2, 0.25) is 4.34 Å². The fourth-order valence-corrected chi connectivity index (χ4v) is 3.97. The average Bonchev–Trinajstić information content (AvgIpc) is 2.99. The third-order valence-electron chi connectivity index (χ3n) is 4.30. The van der Waals surface area contributed by atoms with E-state index in [-0.39, 0.29) is 12.2 Å². The number of thiophene rings is 1. The highest BCUT2D eigenvalue weighted by Gasteiger charge is 2.35. The van der Waals surface area contributed by atoms with Gasteiger partial charge in [-0.2, -0.15) is 13.2 Å². The monoisotopic (exact) mass is 412 g/mol. The zero-order valence-corrected chi connectivity index (χ0v) is 16.1. The molecule has 0 unspecified atom stereocenters. The maximum absolute atomic E-state index is 13.3. The van der Waals surface area contributed by atoms with Crippen molar-refractivity contribution in [3.05, 3.63) is 73.3 Å². The van der Waals surface area contributed by atoms with Crippen molar-refractivity contribution in [2.24, 2.45) is 0 Å². The van der Waals surface area contributed by atoms with Crippen LogP contribution in [0.3, 0.4) is 0 Å². The quantitative estimate of drug-likeness (QED) is 0.617. The maximum Gasteiger partial charge on any atom is 0.418 e. The van der Waals surface area contributed by atoms with Gasteiger partial charge in [-0.3, -0.25) is 4.79 Å². The standard InChI is InChI=1S/C19H16ClF3N2OS/c1-10-3-4-12(11(2)7-10)9-25-14(15-5-6-16(20)27-15)8-13(19(21,22)23)17(24)18(25)26/h3-8H,9,24H2,1-2H3. The van der Waals surface area contributed by atoms with Crippen molar-refractivity contribution >= 4 is 28.6 Å². The topological polar surface area (TPSA) is 48.0 Å². The number of aryl methyl sites for hydroxylation is 2. The third kappa shape index (κ3) is 3.89. The van der Waals surface area contributed by atoms with Crippen LogP contribution in [0.25, 0.3) is 10.6 Å². The molecule has 2 aromatic heterocycles. The van der Waals surface area contributed by atoms with Gasteiger partial charge in [-0.25, -0.2) is 0 Å². The third-order valence-corrected chi connectivity index (χ3v) is 5.55. The second-order valence-electron chi connectivity index (χ2n) is 6.28. The molecule has 0 aliphatic carbocycles. The number of hydrogen-bond donors (Lipinski definition) is 1. The Morgan fingerprint density at radius 2 is 1.85 bits per heavy atom. The number of nitrogen functional groups attached to an aromatic ring is 1.